The standard InChI is InChI=1S/C18H21N3/c1-14(2)10-19-12-18-17(15-6-4-3-5-7-15)9-8-16-11-20-13-21(16)18/h3-9,11,13-14,19H,10,12H2,1-2H3. The van der Waals surface area contributed by atoms with Gasteiger partial charge in [0.25, 0.3) is 0 Å². The molecule has 3 heteroatoms. The van der Waals surface area contributed by atoms with Gasteiger partial charge in [-0.05, 0) is 24.1 Å². The number of hydrogen-bond acceptors (Lipinski definition) is 2. The summed E-state index contributed by atoms with van der Waals surface area (Å²) in [4.78, 5) is 4.28. The van der Waals surface area contributed by atoms with Gasteiger partial charge in [-0.2, -0.15) is 0 Å². The highest BCUT2D eigenvalue weighted by atomic mass is 15.0. The van der Waals surface area contributed by atoms with Gasteiger partial charge in [0.15, 0.2) is 0 Å². The molecule has 0 spiro atoms. The van der Waals surface area contributed by atoms with E-state index in [1.807, 2.05) is 12.5 Å². The maximum Gasteiger partial charge on any atom is 0.0994 e. The molecule has 1 aromatic carbocycles. The number of nitrogens with one attached hydrogen (secondary N) is 1. The van der Waals surface area contributed by atoms with Gasteiger partial charge in [0, 0.05) is 17.8 Å². The first kappa shape index (κ1) is 13.8. The van der Waals surface area contributed by atoms with Crippen molar-refractivity contribution >= 4 is 5.52 Å². The van der Waals surface area contributed by atoms with Crippen molar-refractivity contribution < 1.29 is 0 Å². The highest BCUT2D eigenvalue weighted by Gasteiger charge is 2.09. The molecule has 2 aromatic heterocycles. The fourth-order valence-corrected chi connectivity index (χ4v) is 2.59. The maximum atomic E-state index is 4.28. The van der Waals surface area contributed by atoms with Crippen LogP contribution in [0.25, 0.3) is 16.6 Å². The Kier molecular flexibility index (Phi) is 4.02. The Balaban J connectivity index is 2.02. The van der Waals surface area contributed by atoms with Crippen LogP contribution in [-0.2, 0) is 6.54 Å². The number of benzene rings is 1. The molecule has 0 aliphatic heterocycles. The molecule has 0 unspecified atom stereocenters. The summed E-state index contributed by atoms with van der Waals surface area (Å²) in [6.45, 7) is 6.31. The van der Waals surface area contributed by atoms with Crippen molar-refractivity contribution in [3.05, 3.63) is 60.7 Å². The lowest BCUT2D eigenvalue weighted by Gasteiger charge is -2.14. The Labute approximate surface area is 125 Å². The third-order valence-corrected chi connectivity index (χ3v) is 3.62. The molecular formula is C18H21N3. The van der Waals surface area contributed by atoms with E-state index < -0.39 is 0 Å². The number of hydrogen-bond donors (Lipinski definition) is 1. The molecule has 0 amide bonds. The van der Waals surface area contributed by atoms with Gasteiger partial charge in [-0.25, -0.2) is 4.98 Å². The number of imidazole rings is 1. The van der Waals surface area contributed by atoms with Crippen LogP contribution in [0.15, 0.2) is 55.0 Å². The summed E-state index contributed by atoms with van der Waals surface area (Å²) in [5.74, 6) is 0.646. The van der Waals surface area contributed by atoms with E-state index >= 15 is 0 Å². The van der Waals surface area contributed by atoms with Crippen molar-refractivity contribution in [1.82, 2.24) is 14.7 Å². The molecule has 3 rings (SSSR count). The van der Waals surface area contributed by atoms with Gasteiger partial charge in [0.1, 0.15) is 0 Å². The summed E-state index contributed by atoms with van der Waals surface area (Å²) in [6.07, 6.45) is 3.80. The molecule has 0 bridgehead atoms. The molecule has 21 heavy (non-hydrogen) atoms. The lowest BCUT2D eigenvalue weighted by Crippen LogP contribution is -2.21. The van der Waals surface area contributed by atoms with E-state index in [4.69, 9.17) is 0 Å². The van der Waals surface area contributed by atoms with Crippen LogP contribution in [0, 0.1) is 5.92 Å². The SMILES string of the molecule is CC(C)CNCc1c(-c2ccccc2)ccc2cncn12. The lowest BCUT2D eigenvalue weighted by atomic mass is 10.0. The molecule has 1 N–H and O–H groups in total. The molecule has 0 radical (unpaired) electrons. The topological polar surface area (TPSA) is 29.3 Å². The normalized spacial score (nSPS) is 11.4. The predicted molar refractivity (Wildman–Crippen MR) is 87.2 cm³/mol. The molecule has 0 aliphatic carbocycles. The molecule has 3 aromatic rings. The Bertz CT molecular complexity index is 714. The van der Waals surface area contributed by atoms with Gasteiger partial charge in [-0.15, -0.1) is 0 Å². The molecule has 0 aliphatic rings. The number of rotatable bonds is 5. The Morgan fingerprint density at radius 2 is 1.90 bits per heavy atom. The minimum Gasteiger partial charge on any atom is -0.311 e. The Hall–Kier alpha value is -2.13. The fourth-order valence-electron chi connectivity index (χ4n) is 2.59. The molecule has 0 saturated heterocycles. The van der Waals surface area contributed by atoms with Crippen molar-refractivity contribution in [3.8, 4) is 11.1 Å². The molecule has 2 heterocycles. The molecule has 0 saturated carbocycles. The van der Waals surface area contributed by atoms with Crippen LogP contribution >= 0.6 is 0 Å². The van der Waals surface area contributed by atoms with Gasteiger partial charge in [0.05, 0.1) is 18.0 Å². The molecule has 108 valence electrons. The third kappa shape index (κ3) is 2.98. The maximum absolute atomic E-state index is 4.28. The quantitative estimate of drug-likeness (QED) is 0.771. The number of pyridine rings is 1. The second-order valence-corrected chi connectivity index (χ2v) is 5.77. The van der Waals surface area contributed by atoms with E-state index in [1.165, 1.54) is 16.8 Å². The molecule has 3 nitrogen and oxygen atoms in total. The number of fused-ring (bicyclic) bond motifs is 1. The summed E-state index contributed by atoms with van der Waals surface area (Å²) in [5.41, 5.74) is 4.90. The Morgan fingerprint density at radius 3 is 2.67 bits per heavy atom. The summed E-state index contributed by atoms with van der Waals surface area (Å²) in [5, 5.41) is 3.54. The first-order chi connectivity index (χ1) is 10.3. The van der Waals surface area contributed by atoms with Crippen LogP contribution in [0.4, 0.5) is 0 Å². The zero-order valence-corrected chi connectivity index (χ0v) is 12.6. The van der Waals surface area contributed by atoms with Crippen LogP contribution in [-0.4, -0.2) is 15.9 Å². The first-order valence-corrected chi connectivity index (χ1v) is 7.46. The van der Waals surface area contributed by atoms with E-state index in [0.29, 0.717) is 5.92 Å². The monoisotopic (exact) mass is 279 g/mol. The summed E-state index contributed by atoms with van der Waals surface area (Å²) in [6, 6.07) is 14.8. The van der Waals surface area contributed by atoms with Gasteiger partial charge >= 0.3 is 0 Å². The number of aromatic nitrogens is 2. The lowest BCUT2D eigenvalue weighted by molar-refractivity contribution is 0.547. The zero-order valence-electron chi connectivity index (χ0n) is 12.6. The van der Waals surface area contributed by atoms with Crippen LogP contribution in [0.2, 0.25) is 0 Å². The first-order valence-electron chi connectivity index (χ1n) is 7.46. The Morgan fingerprint density at radius 1 is 1.10 bits per heavy atom. The van der Waals surface area contributed by atoms with Crippen LogP contribution in [0.1, 0.15) is 19.5 Å². The third-order valence-electron chi connectivity index (χ3n) is 3.62. The van der Waals surface area contributed by atoms with E-state index in [2.05, 4.69) is 71.0 Å². The van der Waals surface area contributed by atoms with Crippen molar-refractivity contribution in [2.45, 2.75) is 20.4 Å². The highest BCUT2D eigenvalue weighted by molar-refractivity contribution is 5.69. The summed E-state index contributed by atoms with van der Waals surface area (Å²) in [7, 11) is 0. The van der Waals surface area contributed by atoms with Crippen LogP contribution < -0.4 is 5.32 Å². The van der Waals surface area contributed by atoms with Crippen molar-refractivity contribution in [2.24, 2.45) is 5.92 Å². The minimum atomic E-state index is 0.646. The number of nitrogens with zero attached hydrogens (tertiary/aromatic N) is 2. The summed E-state index contributed by atoms with van der Waals surface area (Å²) < 4.78 is 2.18. The second-order valence-electron chi connectivity index (χ2n) is 5.77. The van der Waals surface area contributed by atoms with Crippen LogP contribution in [0.5, 0.6) is 0 Å². The molecule has 0 atom stereocenters. The second kappa shape index (κ2) is 6.10. The molecular weight excluding hydrogens is 258 g/mol. The van der Waals surface area contributed by atoms with Crippen LogP contribution in [0.3, 0.4) is 0 Å². The average Bonchev–Trinajstić information content (AvgIpc) is 2.96. The van der Waals surface area contributed by atoms with Gasteiger partial charge in [0.2, 0.25) is 0 Å². The van der Waals surface area contributed by atoms with Crippen molar-refractivity contribution in [3.63, 3.8) is 0 Å². The average molecular weight is 279 g/mol. The van der Waals surface area contributed by atoms with Crippen molar-refractivity contribution in [2.75, 3.05) is 6.54 Å². The highest BCUT2D eigenvalue weighted by Crippen LogP contribution is 2.25. The zero-order chi connectivity index (χ0) is 14.7. The fraction of sp³-hybridized carbons (Fsp3) is 0.278. The van der Waals surface area contributed by atoms with E-state index in [-0.39, 0.29) is 0 Å². The van der Waals surface area contributed by atoms with Gasteiger partial charge < -0.3 is 9.72 Å². The largest absolute Gasteiger partial charge is 0.311 e. The smallest absolute Gasteiger partial charge is 0.0994 e. The predicted octanol–water partition coefficient (Wildman–Crippen LogP) is 3.75. The van der Waals surface area contributed by atoms with E-state index in [0.717, 1.165) is 18.6 Å². The van der Waals surface area contributed by atoms with E-state index in [1.54, 1.807) is 0 Å². The summed E-state index contributed by atoms with van der Waals surface area (Å²) >= 11 is 0. The molecule has 0 fully saturated rings. The van der Waals surface area contributed by atoms with Gasteiger partial charge in [-0.1, -0.05) is 50.2 Å². The van der Waals surface area contributed by atoms with Gasteiger partial charge in [-0.3, -0.25) is 0 Å². The van der Waals surface area contributed by atoms with E-state index in [9.17, 15) is 0 Å². The van der Waals surface area contributed by atoms with Crippen molar-refractivity contribution in [1.29, 1.82) is 0 Å². The minimum absolute atomic E-state index is 0.646.